The maximum Gasteiger partial charge on any atom is 0.243 e. The maximum atomic E-state index is 13.0. The number of rotatable bonds is 5. The van der Waals surface area contributed by atoms with Crippen LogP contribution in [0.2, 0.25) is 0 Å². The molecule has 1 aromatic rings. The standard InChI is InChI=1S/C15H21NO5S2/c17-22(18)10-8-13(12-22)16(11-14-5-4-9-21-14)23(19,20)15-6-2-1-3-7-15/h1-3,6-7,13-14H,4-5,8-12H2/t13-,14+/m1/s1. The summed E-state index contributed by atoms with van der Waals surface area (Å²) in [4.78, 5) is 0.197. The van der Waals surface area contributed by atoms with Gasteiger partial charge in [0, 0.05) is 19.2 Å². The minimum absolute atomic E-state index is 0.0456. The van der Waals surface area contributed by atoms with E-state index in [0.29, 0.717) is 13.0 Å². The predicted molar refractivity (Wildman–Crippen MR) is 86.4 cm³/mol. The lowest BCUT2D eigenvalue weighted by molar-refractivity contribution is 0.0877. The summed E-state index contributed by atoms with van der Waals surface area (Å²) in [6.45, 7) is 0.851. The topological polar surface area (TPSA) is 80.8 Å². The molecule has 128 valence electrons. The fourth-order valence-corrected chi connectivity index (χ4v) is 6.69. The van der Waals surface area contributed by atoms with Gasteiger partial charge in [0.25, 0.3) is 0 Å². The van der Waals surface area contributed by atoms with Gasteiger partial charge in [-0.1, -0.05) is 18.2 Å². The van der Waals surface area contributed by atoms with Crippen molar-refractivity contribution in [1.29, 1.82) is 0 Å². The third kappa shape index (κ3) is 3.76. The van der Waals surface area contributed by atoms with Crippen molar-refractivity contribution in [3.8, 4) is 0 Å². The number of ether oxygens (including phenoxy) is 1. The Bertz CT molecular complexity index is 739. The lowest BCUT2D eigenvalue weighted by atomic mass is 10.2. The van der Waals surface area contributed by atoms with Gasteiger partial charge in [0.05, 0.1) is 22.5 Å². The van der Waals surface area contributed by atoms with Gasteiger partial charge < -0.3 is 4.74 Å². The maximum absolute atomic E-state index is 13.0. The first-order valence-electron chi connectivity index (χ1n) is 7.77. The zero-order valence-electron chi connectivity index (χ0n) is 12.8. The van der Waals surface area contributed by atoms with Gasteiger partial charge in [-0.2, -0.15) is 4.31 Å². The van der Waals surface area contributed by atoms with E-state index in [2.05, 4.69) is 0 Å². The number of benzene rings is 1. The second kappa shape index (κ2) is 6.51. The Morgan fingerprint density at radius 1 is 1.17 bits per heavy atom. The van der Waals surface area contributed by atoms with Gasteiger partial charge in [-0.25, -0.2) is 16.8 Å². The Hall–Kier alpha value is -0.960. The highest BCUT2D eigenvalue weighted by Crippen LogP contribution is 2.27. The molecule has 2 heterocycles. The normalized spacial score (nSPS) is 27.5. The molecule has 0 unspecified atom stereocenters. The van der Waals surface area contributed by atoms with Crippen LogP contribution in [0.4, 0.5) is 0 Å². The molecule has 8 heteroatoms. The second-order valence-corrected chi connectivity index (χ2v) is 10.2. The second-order valence-electron chi connectivity index (χ2n) is 6.08. The molecule has 1 aromatic carbocycles. The zero-order valence-corrected chi connectivity index (χ0v) is 14.4. The third-order valence-electron chi connectivity index (χ3n) is 4.37. The fourth-order valence-electron chi connectivity index (χ4n) is 3.16. The molecule has 2 aliphatic heterocycles. The van der Waals surface area contributed by atoms with Gasteiger partial charge in [-0.15, -0.1) is 0 Å². The minimum Gasteiger partial charge on any atom is -0.377 e. The zero-order chi connectivity index (χ0) is 16.5. The highest BCUT2D eigenvalue weighted by Gasteiger charge is 2.40. The van der Waals surface area contributed by atoms with Crippen LogP contribution in [0.5, 0.6) is 0 Å². The Balaban J connectivity index is 1.91. The Labute approximate surface area is 137 Å². The molecule has 2 aliphatic rings. The average Bonchev–Trinajstić information content (AvgIpc) is 3.14. The summed E-state index contributed by atoms with van der Waals surface area (Å²) in [6.07, 6.45) is 1.91. The van der Waals surface area contributed by atoms with E-state index in [0.717, 1.165) is 12.8 Å². The molecule has 23 heavy (non-hydrogen) atoms. The Morgan fingerprint density at radius 2 is 1.91 bits per heavy atom. The smallest absolute Gasteiger partial charge is 0.243 e. The monoisotopic (exact) mass is 359 g/mol. The summed E-state index contributed by atoms with van der Waals surface area (Å²) >= 11 is 0. The van der Waals surface area contributed by atoms with E-state index in [1.165, 1.54) is 4.31 Å². The molecule has 0 N–H and O–H groups in total. The quantitative estimate of drug-likeness (QED) is 0.785. The first-order valence-corrected chi connectivity index (χ1v) is 11.0. The van der Waals surface area contributed by atoms with Crippen molar-refractivity contribution in [2.75, 3.05) is 24.7 Å². The van der Waals surface area contributed by atoms with Crippen molar-refractivity contribution >= 4 is 19.9 Å². The molecule has 2 fully saturated rings. The van der Waals surface area contributed by atoms with E-state index in [1.54, 1.807) is 30.3 Å². The summed E-state index contributed by atoms with van der Waals surface area (Å²) in [5.41, 5.74) is 0. The average molecular weight is 359 g/mol. The van der Waals surface area contributed by atoms with Crippen LogP contribution in [0.15, 0.2) is 35.2 Å². The van der Waals surface area contributed by atoms with Crippen LogP contribution < -0.4 is 0 Å². The van der Waals surface area contributed by atoms with E-state index < -0.39 is 25.9 Å². The molecule has 2 atom stereocenters. The van der Waals surface area contributed by atoms with Crippen LogP contribution in [0.1, 0.15) is 19.3 Å². The van der Waals surface area contributed by atoms with Crippen LogP contribution in [0.3, 0.4) is 0 Å². The van der Waals surface area contributed by atoms with Gasteiger partial charge in [0.15, 0.2) is 9.84 Å². The van der Waals surface area contributed by atoms with Gasteiger partial charge >= 0.3 is 0 Å². The highest BCUT2D eigenvalue weighted by molar-refractivity contribution is 7.92. The van der Waals surface area contributed by atoms with Crippen molar-refractivity contribution in [1.82, 2.24) is 4.31 Å². The Kier molecular flexibility index (Phi) is 4.78. The van der Waals surface area contributed by atoms with Crippen molar-refractivity contribution in [3.63, 3.8) is 0 Å². The molecule has 0 aromatic heterocycles. The minimum atomic E-state index is -3.73. The van der Waals surface area contributed by atoms with Crippen LogP contribution >= 0.6 is 0 Å². The molecular formula is C15H21NO5S2. The number of sulfone groups is 1. The molecule has 0 radical (unpaired) electrons. The van der Waals surface area contributed by atoms with E-state index in [1.807, 2.05) is 0 Å². The van der Waals surface area contributed by atoms with Gasteiger partial charge in [0.1, 0.15) is 0 Å². The van der Waals surface area contributed by atoms with Crippen molar-refractivity contribution in [2.24, 2.45) is 0 Å². The van der Waals surface area contributed by atoms with Crippen molar-refractivity contribution < 1.29 is 21.6 Å². The fraction of sp³-hybridized carbons (Fsp3) is 0.600. The molecule has 3 rings (SSSR count). The first-order chi connectivity index (χ1) is 10.9. The van der Waals surface area contributed by atoms with Gasteiger partial charge in [0.2, 0.25) is 10.0 Å². The van der Waals surface area contributed by atoms with Crippen molar-refractivity contribution in [3.05, 3.63) is 30.3 Å². The predicted octanol–water partition coefficient (Wildman–Crippen LogP) is 1.04. The van der Waals surface area contributed by atoms with Crippen LogP contribution in [0, 0.1) is 0 Å². The SMILES string of the molecule is O=S1(=O)CC[C@@H](N(C[C@@H]2CCCO2)S(=O)(=O)c2ccccc2)C1. The van der Waals surface area contributed by atoms with Crippen LogP contribution in [-0.4, -0.2) is 57.9 Å². The molecular weight excluding hydrogens is 338 g/mol. The van der Waals surface area contributed by atoms with E-state index in [9.17, 15) is 16.8 Å². The van der Waals surface area contributed by atoms with Crippen LogP contribution in [-0.2, 0) is 24.6 Å². The third-order valence-corrected chi connectivity index (χ3v) is 8.06. The summed E-state index contributed by atoms with van der Waals surface area (Å²) in [6, 6.07) is 7.67. The molecule has 0 saturated carbocycles. The van der Waals surface area contributed by atoms with E-state index in [-0.39, 0.29) is 29.0 Å². The lowest BCUT2D eigenvalue weighted by Crippen LogP contribution is -2.45. The summed E-state index contributed by atoms with van der Waals surface area (Å²) in [7, 11) is -6.90. The molecule has 6 nitrogen and oxygen atoms in total. The van der Waals surface area contributed by atoms with Crippen molar-refractivity contribution in [2.45, 2.75) is 36.3 Å². The number of sulfonamides is 1. The summed E-state index contributed by atoms with van der Waals surface area (Å²) < 4.78 is 56.5. The van der Waals surface area contributed by atoms with E-state index >= 15 is 0 Å². The molecule has 0 amide bonds. The summed E-state index contributed by atoms with van der Waals surface area (Å²) in [5.74, 6) is -0.0597. The largest absolute Gasteiger partial charge is 0.377 e. The first kappa shape index (κ1) is 16.9. The molecule has 0 bridgehead atoms. The van der Waals surface area contributed by atoms with E-state index in [4.69, 9.17) is 4.74 Å². The lowest BCUT2D eigenvalue weighted by Gasteiger charge is -2.29. The molecule has 2 saturated heterocycles. The van der Waals surface area contributed by atoms with Gasteiger partial charge in [-0.05, 0) is 31.4 Å². The molecule has 0 spiro atoms. The van der Waals surface area contributed by atoms with Crippen LogP contribution in [0.25, 0.3) is 0 Å². The number of nitrogens with zero attached hydrogens (tertiary/aromatic N) is 1. The molecule has 0 aliphatic carbocycles. The Morgan fingerprint density at radius 3 is 2.48 bits per heavy atom. The number of hydrogen-bond donors (Lipinski definition) is 0. The highest BCUT2D eigenvalue weighted by atomic mass is 32.2. The summed E-state index contributed by atoms with van der Waals surface area (Å²) in [5, 5.41) is 0. The number of hydrogen-bond acceptors (Lipinski definition) is 5. The van der Waals surface area contributed by atoms with Gasteiger partial charge in [-0.3, -0.25) is 0 Å².